The third-order valence-corrected chi connectivity index (χ3v) is 3.68. The number of hydrogen-bond acceptors (Lipinski definition) is 5. The Morgan fingerprint density at radius 3 is 3.05 bits per heavy atom. The molecule has 1 aliphatic heterocycles. The van der Waals surface area contributed by atoms with Gasteiger partial charge in [-0.05, 0) is 37.8 Å². The fourth-order valence-corrected chi connectivity index (χ4v) is 2.47. The lowest BCUT2D eigenvalue weighted by Gasteiger charge is -2.21. The highest BCUT2D eigenvalue weighted by Gasteiger charge is 2.17. The van der Waals surface area contributed by atoms with Crippen LogP contribution in [-0.2, 0) is 11.2 Å². The van der Waals surface area contributed by atoms with Gasteiger partial charge in [-0.25, -0.2) is 9.67 Å². The summed E-state index contributed by atoms with van der Waals surface area (Å²) in [4.78, 5) is 3.54. The number of nitrogens with zero attached hydrogens (tertiary/aromatic N) is 4. The largest absolute Gasteiger partial charge is 0.489 e. The Kier molecular flexibility index (Phi) is 4.95. The SMILES string of the molecule is Fc1ncccc1OCCCc1cn(C2CCOCC2)nn1. The average Bonchev–Trinajstić information content (AvgIpc) is 3.03. The molecule has 7 heteroatoms. The van der Waals surface area contributed by atoms with Gasteiger partial charge in [0.1, 0.15) is 0 Å². The van der Waals surface area contributed by atoms with Crippen molar-refractivity contribution in [2.75, 3.05) is 19.8 Å². The first-order valence-corrected chi connectivity index (χ1v) is 7.55. The van der Waals surface area contributed by atoms with Crippen molar-refractivity contribution in [3.05, 3.63) is 36.2 Å². The van der Waals surface area contributed by atoms with Crippen molar-refractivity contribution in [3.8, 4) is 5.75 Å². The molecule has 0 aliphatic carbocycles. The quantitative estimate of drug-likeness (QED) is 0.604. The molecule has 0 spiro atoms. The molecule has 3 heterocycles. The lowest BCUT2D eigenvalue weighted by atomic mass is 10.1. The number of aryl methyl sites for hydroxylation is 1. The molecule has 3 rings (SSSR count). The minimum Gasteiger partial charge on any atom is -0.489 e. The van der Waals surface area contributed by atoms with Crippen LogP contribution < -0.4 is 4.74 Å². The van der Waals surface area contributed by atoms with Crippen LogP contribution in [0, 0.1) is 5.95 Å². The van der Waals surface area contributed by atoms with Crippen molar-refractivity contribution in [3.63, 3.8) is 0 Å². The first kappa shape index (κ1) is 14.9. The molecule has 2 aromatic rings. The van der Waals surface area contributed by atoms with E-state index in [0.29, 0.717) is 12.6 Å². The van der Waals surface area contributed by atoms with Gasteiger partial charge in [0.2, 0.25) is 0 Å². The van der Waals surface area contributed by atoms with Crippen LogP contribution in [-0.4, -0.2) is 39.8 Å². The van der Waals surface area contributed by atoms with Crippen LogP contribution in [0.15, 0.2) is 24.5 Å². The lowest BCUT2D eigenvalue weighted by Crippen LogP contribution is -2.19. The van der Waals surface area contributed by atoms with Crippen molar-refractivity contribution in [2.24, 2.45) is 0 Å². The molecule has 0 aromatic carbocycles. The van der Waals surface area contributed by atoms with E-state index in [1.807, 2.05) is 10.9 Å². The predicted molar refractivity (Wildman–Crippen MR) is 77.1 cm³/mol. The number of pyridine rings is 1. The molecule has 1 aliphatic rings. The Morgan fingerprint density at radius 1 is 1.36 bits per heavy atom. The number of hydrogen-bond donors (Lipinski definition) is 0. The van der Waals surface area contributed by atoms with Gasteiger partial charge in [0.15, 0.2) is 5.75 Å². The van der Waals surface area contributed by atoms with Gasteiger partial charge < -0.3 is 9.47 Å². The molecule has 2 aromatic heterocycles. The summed E-state index contributed by atoms with van der Waals surface area (Å²) in [5.74, 6) is -0.388. The van der Waals surface area contributed by atoms with Crippen LogP contribution in [0.2, 0.25) is 0 Å². The molecule has 1 fully saturated rings. The summed E-state index contributed by atoms with van der Waals surface area (Å²) in [6.45, 7) is 1.99. The molecular weight excluding hydrogens is 287 g/mol. The predicted octanol–water partition coefficient (Wildman–Crippen LogP) is 2.18. The van der Waals surface area contributed by atoms with E-state index >= 15 is 0 Å². The second-order valence-electron chi connectivity index (χ2n) is 5.28. The minimum atomic E-state index is -0.576. The Morgan fingerprint density at radius 2 is 2.23 bits per heavy atom. The van der Waals surface area contributed by atoms with Crippen molar-refractivity contribution < 1.29 is 13.9 Å². The van der Waals surface area contributed by atoms with Gasteiger partial charge in [0.25, 0.3) is 5.95 Å². The molecule has 0 amide bonds. The van der Waals surface area contributed by atoms with Crippen molar-refractivity contribution in [2.45, 2.75) is 31.7 Å². The van der Waals surface area contributed by atoms with E-state index in [2.05, 4.69) is 15.3 Å². The van der Waals surface area contributed by atoms with Crippen molar-refractivity contribution in [1.29, 1.82) is 0 Å². The highest BCUT2D eigenvalue weighted by molar-refractivity contribution is 5.17. The van der Waals surface area contributed by atoms with Crippen LogP contribution in [0.5, 0.6) is 5.75 Å². The van der Waals surface area contributed by atoms with Crippen LogP contribution in [0.25, 0.3) is 0 Å². The minimum absolute atomic E-state index is 0.188. The number of rotatable bonds is 6. The fourth-order valence-electron chi connectivity index (χ4n) is 2.47. The standard InChI is InChI=1S/C15H19FN4O2/c16-15-14(4-1-7-17-15)22-8-2-3-12-11-20(19-18-12)13-5-9-21-10-6-13/h1,4,7,11,13H,2-3,5-6,8-10H2. The zero-order valence-corrected chi connectivity index (χ0v) is 12.3. The summed E-state index contributed by atoms with van der Waals surface area (Å²) in [5, 5.41) is 8.37. The van der Waals surface area contributed by atoms with Gasteiger partial charge >= 0.3 is 0 Å². The second-order valence-corrected chi connectivity index (χ2v) is 5.28. The maximum absolute atomic E-state index is 13.3. The Balaban J connectivity index is 1.44. The Bertz CT molecular complexity index is 599. The summed E-state index contributed by atoms with van der Waals surface area (Å²) in [6, 6.07) is 3.61. The zero-order valence-electron chi connectivity index (χ0n) is 12.3. The van der Waals surface area contributed by atoms with E-state index in [1.54, 1.807) is 12.1 Å². The lowest BCUT2D eigenvalue weighted by molar-refractivity contribution is 0.0657. The second kappa shape index (κ2) is 7.31. The average molecular weight is 306 g/mol. The van der Waals surface area contributed by atoms with Gasteiger partial charge in [-0.2, -0.15) is 4.39 Å². The monoisotopic (exact) mass is 306 g/mol. The highest BCUT2D eigenvalue weighted by Crippen LogP contribution is 2.19. The molecule has 6 nitrogen and oxygen atoms in total. The maximum Gasteiger partial charge on any atom is 0.255 e. The van der Waals surface area contributed by atoms with Gasteiger partial charge in [-0.3, -0.25) is 0 Å². The van der Waals surface area contributed by atoms with Gasteiger partial charge in [0.05, 0.1) is 18.3 Å². The van der Waals surface area contributed by atoms with Crippen LogP contribution in [0.4, 0.5) is 4.39 Å². The number of ether oxygens (including phenoxy) is 2. The first-order valence-electron chi connectivity index (χ1n) is 7.55. The molecular formula is C15H19FN4O2. The van der Waals surface area contributed by atoms with E-state index < -0.39 is 5.95 Å². The molecule has 0 unspecified atom stereocenters. The number of aromatic nitrogens is 4. The number of halogens is 1. The van der Waals surface area contributed by atoms with Gasteiger partial charge in [0, 0.05) is 25.6 Å². The summed E-state index contributed by atoms with van der Waals surface area (Å²) in [6.07, 6.45) is 6.85. The van der Waals surface area contributed by atoms with Crippen molar-refractivity contribution >= 4 is 0 Å². The van der Waals surface area contributed by atoms with E-state index in [9.17, 15) is 4.39 Å². The molecule has 0 N–H and O–H groups in total. The van der Waals surface area contributed by atoms with E-state index in [4.69, 9.17) is 9.47 Å². The molecule has 0 bridgehead atoms. The fraction of sp³-hybridized carbons (Fsp3) is 0.533. The third-order valence-electron chi connectivity index (χ3n) is 3.68. The molecule has 0 radical (unpaired) electrons. The van der Waals surface area contributed by atoms with E-state index in [1.165, 1.54) is 6.20 Å². The summed E-state index contributed by atoms with van der Waals surface area (Å²) in [7, 11) is 0. The van der Waals surface area contributed by atoms with Gasteiger partial charge in [-0.1, -0.05) is 5.21 Å². The highest BCUT2D eigenvalue weighted by atomic mass is 19.1. The summed E-state index contributed by atoms with van der Waals surface area (Å²) in [5.41, 5.74) is 0.932. The van der Waals surface area contributed by atoms with E-state index in [-0.39, 0.29) is 5.75 Å². The van der Waals surface area contributed by atoms with Crippen LogP contribution in [0.1, 0.15) is 31.0 Å². The Hall–Kier alpha value is -2.02. The van der Waals surface area contributed by atoms with Gasteiger partial charge in [-0.15, -0.1) is 5.10 Å². The molecule has 1 saturated heterocycles. The maximum atomic E-state index is 13.3. The topological polar surface area (TPSA) is 62.1 Å². The van der Waals surface area contributed by atoms with Crippen LogP contribution >= 0.6 is 0 Å². The normalized spacial score (nSPS) is 15.9. The van der Waals surface area contributed by atoms with Crippen molar-refractivity contribution in [1.82, 2.24) is 20.0 Å². The third kappa shape index (κ3) is 3.79. The van der Waals surface area contributed by atoms with Crippen LogP contribution in [0.3, 0.4) is 0 Å². The molecule has 118 valence electrons. The first-order chi connectivity index (χ1) is 10.8. The van der Waals surface area contributed by atoms with E-state index in [0.717, 1.165) is 44.6 Å². The summed E-state index contributed by atoms with van der Waals surface area (Å²) >= 11 is 0. The smallest absolute Gasteiger partial charge is 0.255 e. The molecule has 0 saturated carbocycles. The molecule has 22 heavy (non-hydrogen) atoms. The summed E-state index contributed by atoms with van der Waals surface area (Å²) < 4.78 is 25.9. The zero-order chi connectivity index (χ0) is 15.2. The Labute approximate surface area is 128 Å². The molecule has 0 atom stereocenters.